The lowest BCUT2D eigenvalue weighted by molar-refractivity contribution is 0.136. The lowest BCUT2D eigenvalue weighted by atomic mass is 9.65. The standard InChI is InChI=1S/C21H28F2/c1-3-15-4-9-18(12-14(15)2)16-5-7-17(8-6-16)19-10-11-20(22)21(23)13-19/h3,10-11,13-18H,1,4-9,12H2,2H3/t14-,15?,16?,17?,18?/m1/s1. The molecule has 2 aliphatic rings. The summed E-state index contributed by atoms with van der Waals surface area (Å²) in [6, 6.07) is 4.44. The summed E-state index contributed by atoms with van der Waals surface area (Å²) in [7, 11) is 0. The Balaban J connectivity index is 1.56. The van der Waals surface area contributed by atoms with E-state index >= 15 is 0 Å². The average molecular weight is 318 g/mol. The molecule has 2 aliphatic carbocycles. The maximum atomic E-state index is 13.4. The molecule has 2 unspecified atom stereocenters. The fourth-order valence-electron chi connectivity index (χ4n) is 4.93. The summed E-state index contributed by atoms with van der Waals surface area (Å²) < 4.78 is 26.5. The number of benzene rings is 1. The molecule has 3 atom stereocenters. The van der Waals surface area contributed by atoms with Crippen molar-refractivity contribution in [1.29, 1.82) is 0 Å². The second-order valence-corrected chi connectivity index (χ2v) is 7.74. The van der Waals surface area contributed by atoms with E-state index in [0.717, 1.165) is 36.2 Å². The molecule has 0 spiro atoms. The Kier molecular flexibility index (Phi) is 5.18. The zero-order valence-corrected chi connectivity index (χ0v) is 14.1. The van der Waals surface area contributed by atoms with E-state index < -0.39 is 11.6 Å². The molecule has 0 radical (unpaired) electrons. The molecule has 2 saturated carbocycles. The van der Waals surface area contributed by atoms with Gasteiger partial charge in [0.2, 0.25) is 0 Å². The number of halogens is 2. The van der Waals surface area contributed by atoms with Crippen LogP contribution in [0.15, 0.2) is 30.9 Å². The Hall–Kier alpha value is -1.18. The summed E-state index contributed by atoms with van der Waals surface area (Å²) >= 11 is 0. The molecular formula is C21H28F2. The van der Waals surface area contributed by atoms with Crippen molar-refractivity contribution in [3.8, 4) is 0 Å². The molecule has 1 aromatic rings. The van der Waals surface area contributed by atoms with Crippen LogP contribution in [-0.4, -0.2) is 0 Å². The molecule has 0 bridgehead atoms. The van der Waals surface area contributed by atoms with Crippen LogP contribution in [-0.2, 0) is 0 Å². The highest BCUT2D eigenvalue weighted by Crippen LogP contribution is 2.45. The number of hydrogen-bond donors (Lipinski definition) is 0. The Labute approximate surface area is 139 Å². The third-order valence-electron chi connectivity index (χ3n) is 6.43. The van der Waals surface area contributed by atoms with E-state index in [1.807, 2.05) is 0 Å². The van der Waals surface area contributed by atoms with Crippen molar-refractivity contribution >= 4 is 0 Å². The van der Waals surface area contributed by atoms with Crippen molar-refractivity contribution in [2.75, 3.05) is 0 Å². The zero-order chi connectivity index (χ0) is 16.4. The molecule has 0 nitrogen and oxygen atoms in total. The lowest BCUT2D eigenvalue weighted by Gasteiger charge is -2.40. The topological polar surface area (TPSA) is 0 Å². The molecular weight excluding hydrogens is 290 g/mol. The largest absolute Gasteiger partial charge is 0.204 e. The molecule has 126 valence electrons. The number of hydrogen-bond acceptors (Lipinski definition) is 0. The first-order valence-corrected chi connectivity index (χ1v) is 9.16. The highest BCUT2D eigenvalue weighted by molar-refractivity contribution is 5.22. The smallest absolute Gasteiger partial charge is 0.159 e. The van der Waals surface area contributed by atoms with Gasteiger partial charge in [-0.05, 0) is 92.2 Å². The van der Waals surface area contributed by atoms with Gasteiger partial charge in [-0.2, -0.15) is 0 Å². The summed E-state index contributed by atoms with van der Waals surface area (Å²) in [4.78, 5) is 0. The minimum atomic E-state index is -0.740. The van der Waals surface area contributed by atoms with E-state index in [-0.39, 0.29) is 0 Å². The molecule has 2 fully saturated rings. The molecule has 3 rings (SSSR count). The van der Waals surface area contributed by atoms with E-state index in [2.05, 4.69) is 19.6 Å². The lowest BCUT2D eigenvalue weighted by Crippen LogP contribution is -2.29. The molecule has 0 heterocycles. The van der Waals surface area contributed by atoms with Crippen molar-refractivity contribution in [3.63, 3.8) is 0 Å². The van der Waals surface area contributed by atoms with Gasteiger partial charge in [-0.1, -0.05) is 19.1 Å². The van der Waals surface area contributed by atoms with Crippen molar-refractivity contribution in [2.45, 2.75) is 57.8 Å². The molecule has 2 heteroatoms. The summed E-state index contributed by atoms with van der Waals surface area (Å²) in [6.45, 7) is 6.34. The van der Waals surface area contributed by atoms with Gasteiger partial charge in [-0.25, -0.2) is 8.78 Å². The molecule has 0 aliphatic heterocycles. The maximum absolute atomic E-state index is 13.4. The highest BCUT2D eigenvalue weighted by atomic mass is 19.2. The summed E-state index contributed by atoms with van der Waals surface area (Å²) in [6.07, 6.45) is 10.8. The van der Waals surface area contributed by atoms with E-state index in [1.54, 1.807) is 6.07 Å². The van der Waals surface area contributed by atoms with Crippen molar-refractivity contribution in [2.24, 2.45) is 23.7 Å². The van der Waals surface area contributed by atoms with Crippen LogP contribution in [0.25, 0.3) is 0 Å². The van der Waals surface area contributed by atoms with Crippen LogP contribution in [0.1, 0.15) is 63.4 Å². The van der Waals surface area contributed by atoms with Gasteiger partial charge < -0.3 is 0 Å². The molecule has 1 aromatic carbocycles. The van der Waals surface area contributed by atoms with Crippen molar-refractivity contribution < 1.29 is 8.78 Å². The van der Waals surface area contributed by atoms with Gasteiger partial charge in [-0.15, -0.1) is 6.58 Å². The van der Waals surface area contributed by atoms with E-state index in [1.165, 1.54) is 44.2 Å². The van der Waals surface area contributed by atoms with Gasteiger partial charge in [0, 0.05) is 0 Å². The van der Waals surface area contributed by atoms with Gasteiger partial charge in [0.1, 0.15) is 0 Å². The number of rotatable bonds is 3. The van der Waals surface area contributed by atoms with Gasteiger partial charge in [0.25, 0.3) is 0 Å². The summed E-state index contributed by atoms with van der Waals surface area (Å²) in [5.41, 5.74) is 0.978. The Morgan fingerprint density at radius 2 is 1.65 bits per heavy atom. The van der Waals surface area contributed by atoms with Crippen LogP contribution < -0.4 is 0 Å². The van der Waals surface area contributed by atoms with Gasteiger partial charge in [0.05, 0.1) is 0 Å². The van der Waals surface area contributed by atoms with Crippen LogP contribution in [0.3, 0.4) is 0 Å². The number of allylic oxidation sites excluding steroid dienone is 1. The normalized spacial score (nSPS) is 35.0. The monoisotopic (exact) mass is 318 g/mol. The molecule has 0 N–H and O–H groups in total. The quantitative estimate of drug-likeness (QED) is 0.560. The SMILES string of the molecule is C=CC1CCC(C2CCC(c3ccc(F)c(F)c3)CC2)C[C@H]1C. The molecule has 0 aromatic heterocycles. The van der Waals surface area contributed by atoms with Crippen LogP contribution >= 0.6 is 0 Å². The first kappa shape index (κ1) is 16.7. The Morgan fingerprint density at radius 1 is 0.957 bits per heavy atom. The van der Waals surface area contributed by atoms with Crippen LogP contribution in [0.2, 0.25) is 0 Å². The highest BCUT2D eigenvalue weighted by Gasteiger charge is 2.33. The second kappa shape index (κ2) is 7.15. The third-order valence-corrected chi connectivity index (χ3v) is 6.43. The van der Waals surface area contributed by atoms with Crippen LogP contribution in [0, 0.1) is 35.3 Å². The summed E-state index contributed by atoms with van der Waals surface area (Å²) in [5.74, 6) is 2.09. The minimum Gasteiger partial charge on any atom is -0.204 e. The molecule has 0 amide bonds. The second-order valence-electron chi connectivity index (χ2n) is 7.74. The van der Waals surface area contributed by atoms with E-state index in [4.69, 9.17) is 0 Å². The van der Waals surface area contributed by atoms with Gasteiger partial charge >= 0.3 is 0 Å². The molecule has 0 saturated heterocycles. The minimum absolute atomic E-state index is 0.406. The predicted octanol–water partition coefficient (Wildman–Crippen LogP) is 6.48. The Morgan fingerprint density at radius 3 is 2.26 bits per heavy atom. The fraction of sp³-hybridized carbons (Fsp3) is 0.619. The van der Waals surface area contributed by atoms with Crippen molar-refractivity contribution in [3.05, 3.63) is 48.1 Å². The molecule has 23 heavy (non-hydrogen) atoms. The predicted molar refractivity (Wildman–Crippen MR) is 91.2 cm³/mol. The Bertz CT molecular complexity index is 543. The summed E-state index contributed by atoms with van der Waals surface area (Å²) in [5, 5.41) is 0. The first-order chi connectivity index (χ1) is 11.1. The van der Waals surface area contributed by atoms with Crippen LogP contribution in [0.4, 0.5) is 8.78 Å². The maximum Gasteiger partial charge on any atom is 0.159 e. The fourth-order valence-corrected chi connectivity index (χ4v) is 4.93. The van der Waals surface area contributed by atoms with E-state index in [0.29, 0.717) is 11.8 Å². The van der Waals surface area contributed by atoms with Crippen molar-refractivity contribution in [1.82, 2.24) is 0 Å². The van der Waals surface area contributed by atoms with Crippen LogP contribution in [0.5, 0.6) is 0 Å². The first-order valence-electron chi connectivity index (χ1n) is 9.16. The third kappa shape index (κ3) is 3.67. The van der Waals surface area contributed by atoms with E-state index in [9.17, 15) is 8.78 Å². The average Bonchev–Trinajstić information content (AvgIpc) is 2.57. The van der Waals surface area contributed by atoms with Gasteiger partial charge in [0.15, 0.2) is 11.6 Å². The van der Waals surface area contributed by atoms with Gasteiger partial charge in [-0.3, -0.25) is 0 Å². The zero-order valence-electron chi connectivity index (χ0n) is 14.1.